The average molecular weight is 733 g/mol. The molecule has 57 heavy (non-hydrogen) atoms. The molecule has 0 saturated carbocycles. The average Bonchev–Trinajstić information content (AvgIpc) is 3.97. The van der Waals surface area contributed by atoms with Gasteiger partial charge in [0.25, 0.3) is 0 Å². The van der Waals surface area contributed by atoms with Gasteiger partial charge in [-0.2, -0.15) is 0 Å². The van der Waals surface area contributed by atoms with Crippen LogP contribution in [-0.4, -0.2) is 19.9 Å². The smallest absolute Gasteiger partial charge is 0.163 e. The first-order valence-electron chi connectivity index (χ1n) is 18.8. The zero-order valence-electron chi connectivity index (χ0n) is 30.2. The SMILES string of the molecule is c1ccc(-c2ccc3oc4c(-c5cc(-c6ccnc7c6oc6ccccc67)cc(-c6ccnc7c6oc6ccc(-c8ccccc8)cc67)n5)ccnc4c3c2)cc1. The van der Waals surface area contributed by atoms with Gasteiger partial charge in [0.1, 0.15) is 33.3 Å². The second-order valence-corrected chi connectivity index (χ2v) is 14.2. The van der Waals surface area contributed by atoms with Gasteiger partial charge in [0.05, 0.1) is 11.4 Å². The van der Waals surface area contributed by atoms with Crippen LogP contribution in [0.5, 0.6) is 0 Å². The summed E-state index contributed by atoms with van der Waals surface area (Å²) in [5.74, 6) is 0. The molecule has 0 atom stereocenters. The first-order valence-corrected chi connectivity index (χ1v) is 18.8. The van der Waals surface area contributed by atoms with E-state index >= 15 is 0 Å². The van der Waals surface area contributed by atoms with Gasteiger partial charge >= 0.3 is 0 Å². The molecular weight excluding hydrogens is 705 g/mol. The Morgan fingerprint density at radius 1 is 0.316 bits per heavy atom. The van der Waals surface area contributed by atoms with Crippen molar-refractivity contribution in [3.63, 3.8) is 0 Å². The van der Waals surface area contributed by atoms with E-state index in [9.17, 15) is 0 Å². The molecule has 0 fully saturated rings. The van der Waals surface area contributed by atoms with E-state index in [4.69, 9.17) is 33.2 Å². The number of fused-ring (bicyclic) bond motifs is 9. The number of hydrogen-bond donors (Lipinski definition) is 0. The van der Waals surface area contributed by atoms with Crippen LogP contribution in [-0.2, 0) is 0 Å². The largest absolute Gasteiger partial charge is 0.454 e. The first kappa shape index (κ1) is 31.5. The molecule has 12 aromatic rings. The quantitative estimate of drug-likeness (QED) is 0.174. The number of aromatic nitrogens is 4. The van der Waals surface area contributed by atoms with Gasteiger partial charge in [-0.25, -0.2) is 4.98 Å². The van der Waals surface area contributed by atoms with Crippen LogP contribution in [0.4, 0.5) is 0 Å². The number of hydrogen-bond acceptors (Lipinski definition) is 7. The zero-order chi connectivity index (χ0) is 37.5. The molecule has 5 aromatic carbocycles. The number of furan rings is 3. The van der Waals surface area contributed by atoms with Crippen molar-refractivity contribution in [2.75, 3.05) is 0 Å². The van der Waals surface area contributed by atoms with E-state index in [2.05, 4.69) is 60.7 Å². The summed E-state index contributed by atoms with van der Waals surface area (Å²) in [6.45, 7) is 0. The fourth-order valence-electron chi connectivity index (χ4n) is 8.13. The predicted molar refractivity (Wildman–Crippen MR) is 227 cm³/mol. The van der Waals surface area contributed by atoms with E-state index in [0.29, 0.717) is 28.1 Å². The summed E-state index contributed by atoms with van der Waals surface area (Å²) in [5, 5.41) is 2.84. The molecule has 7 aromatic heterocycles. The molecule has 0 aliphatic carbocycles. The Bertz CT molecular complexity index is 3350. The van der Waals surface area contributed by atoms with Gasteiger partial charge < -0.3 is 13.3 Å². The maximum absolute atomic E-state index is 6.63. The molecule has 0 unspecified atom stereocenters. The van der Waals surface area contributed by atoms with Gasteiger partial charge in [-0.3, -0.25) is 15.0 Å². The van der Waals surface area contributed by atoms with Crippen molar-refractivity contribution in [3.8, 4) is 55.9 Å². The minimum Gasteiger partial charge on any atom is -0.454 e. The number of pyridine rings is 4. The molecule has 7 nitrogen and oxygen atoms in total. The highest BCUT2D eigenvalue weighted by molar-refractivity contribution is 6.11. The van der Waals surface area contributed by atoms with Crippen LogP contribution in [0, 0.1) is 0 Å². The standard InChI is InChI=1S/C50H28N4O3/c1-3-9-29(10-4-1)31-15-17-43-38(25-31)46-49(56-43)35(20-23-52-46)40-27-33(34-19-22-51-45-37-13-7-8-14-42(37)55-48(34)45)28-41(54-40)36-21-24-53-47-39-26-32(30-11-5-2-6-12-30)16-18-44(39)57-50(36)47/h1-28H. The van der Waals surface area contributed by atoms with Crippen LogP contribution in [0.3, 0.4) is 0 Å². The lowest BCUT2D eigenvalue weighted by molar-refractivity contribution is 0.669. The Labute approximate surface area is 324 Å². The summed E-state index contributed by atoms with van der Waals surface area (Å²) >= 11 is 0. The normalized spacial score (nSPS) is 11.9. The minimum atomic E-state index is 0.661. The Hall–Kier alpha value is -7.90. The number of rotatable bonds is 5. The molecule has 7 heteroatoms. The summed E-state index contributed by atoms with van der Waals surface area (Å²) in [6, 6.07) is 51.3. The van der Waals surface area contributed by atoms with Gasteiger partial charge in [0.2, 0.25) is 0 Å². The third-order valence-corrected chi connectivity index (χ3v) is 10.9. The summed E-state index contributed by atoms with van der Waals surface area (Å²) < 4.78 is 19.8. The van der Waals surface area contributed by atoms with Crippen LogP contribution in [0.1, 0.15) is 0 Å². The molecule has 0 N–H and O–H groups in total. The molecule has 0 radical (unpaired) electrons. The van der Waals surface area contributed by atoms with Crippen molar-refractivity contribution in [3.05, 3.63) is 170 Å². The lowest BCUT2D eigenvalue weighted by Gasteiger charge is -2.11. The maximum atomic E-state index is 6.63. The fourth-order valence-corrected chi connectivity index (χ4v) is 8.13. The molecule has 0 aliphatic heterocycles. The van der Waals surface area contributed by atoms with Crippen molar-refractivity contribution >= 4 is 66.2 Å². The van der Waals surface area contributed by atoms with Gasteiger partial charge in [0.15, 0.2) is 16.7 Å². The fraction of sp³-hybridized carbons (Fsp3) is 0. The molecular formula is C50H28N4O3. The third-order valence-electron chi connectivity index (χ3n) is 10.9. The minimum absolute atomic E-state index is 0.661. The van der Waals surface area contributed by atoms with Crippen molar-refractivity contribution in [2.45, 2.75) is 0 Å². The van der Waals surface area contributed by atoms with Crippen molar-refractivity contribution in [1.29, 1.82) is 0 Å². The molecule has 12 rings (SSSR count). The van der Waals surface area contributed by atoms with E-state index in [1.807, 2.05) is 110 Å². The van der Waals surface area contributed by atoms with Crippen molar-refractivity contribution in [1.82, 2.24) is 19.9 Å². The number of nitrogens with zero attached hydrogens (tertiary/aromatic N) is 4. The summed E-state index contributed by atoms with van der Waals surface area (Å²) in [7, 11) is 0. The Balaban J connectivity index is 1.10. The molecule has 266 valence electrons. The van der Waals surface area contributed by atoms with Crippen LogP contribution in [0.25, 0.3) is 122 Å². The molecule has 0 aliphatic rings. The van der Waals surface area contributed by atoms with E-state index in [0.717, 1.165) is 94.0 Å². The molecule has 0 saturated heterocycles. The maximum Gasteiger partial charge on any atom is 0.163 e. The highest BCUT2D eigenvalue weighted by Crippen LogP contribution is 2.42. The number of para-hydroxylation sites is 1. The molecule has 0 spiro atoms. The van der Waals surface area contributed by atoms with Crippen LogP contribution in [0.2, 0.25) is 0 Å². The molecule has 0 amide bonds. The van der Waals surface area contributed by atoms with Gasteiger partial charge in [-0.1, -0.05) is 84.9 Å². The topological polar surface area (TPSA) is 91.0 Å². The van der Waals surface area contributed by atoms with E-state index < -0.39 is 0 Å². The molecule has 7 heterocycles. The lowest BCUT2D eigenvalue weighted by atomic mass is 9.99. The lowest BCUT2D eigenvalue weighted by Crippen LogP contribution is -1.93. The highest BCUT2D eigenvalue weighted by atomic mass is 16.3. The van der Waals surface area contributed by atoms with Crippen LogP contribution in [0.15, 0.2) is 184 Å². The summed E-state index contributed by atoms with van der Waals surface area (Å²) in [4.78, 5) is 19.8. The molecule has 0 bridgehead atoms. The van der Waals surface area contributed by atoms with Crippen molar-refractivity contribution in [2.24, 2.45) is 0 Å². The Kier molecular flexibility index (Phi) is 6.79. The second kappa shape index (κ2) is 12.3. The second-order valence-electron chi connectivity index (χ2n) is 14.2. The van der Waals surface area contributed by atoms with Crippen LogP contribution >= 0.6 is 0 Å². The van der Waals surface area contributed by atoms with Gasteiger partial charge in [-0.15, -0.1) is 0 Å². The Morgan fingerprint density at radius 2 is 0.754 bits per heavy atom. The van der Waals surface area contributed by atoms with E-state index in [1.54, 1.807) is 0 Å². The zero-order valence-corrected chi connectivity index (χ0v) is 30.2. The van der Waals surface area contributed by atoms with E-state index in [-0.39, 0.29) is 0 Å². The van der Waals surface area contributed by atoms with Crippen molar-refractivity contribution < 1.29 is 13.3 Å². The third kappa shape index (κ3) is 4.99. The predicted octanol–water partition coefficient (Wildman–Crippen LogP) is 13.3. The Morgan fingerprint density at radius 3 is 1.30 bits per heavy atom. The summed E-state index contributed by atoms with van der Waals surface area (Å²) in [5.41, 5.74) is 16.0. The highest BCUT2D eigenvalue weighted by Gasteiger charge is 2.22. The first-order chi connectivity index (χ1) is 28.2. The van der Waals surface area contributed by atoms with E-state index in [1.165, 1.54) is 0 Å². The number of benzene rings is 5. The summed E-state index contributed by atoms with van der Waals surface area (Å²) in [6.07, 6.45) is 5.49. The van der Waals surface area contributed by atoms with Crippen LogP contribution < -0.4 is 0 Å². The van der Waals surface area contributed by atoms with Gasteiger partial charge in [-0.05, 0) is 94.5 Å². The van der Waals surface area contributed by atoms with Gasteiger partial charge in [0, 0.05) is 51.4 Å². The monoisotopic (exact) mass is 732 g/mol.